The van der Waals surface area contributed by atoms with Gasteiger partial charge in [-0.1, -0.05) is 36.0 Å². The maximum absolute atomic E-state index is 13.3. The van der Waals surface area contributed by atoms with Crippen LogP contribution >= 0.6 is 23.1 Å². The Labute approximate surface area is 179 Å². The number of carbonyl (C=O) groups is 2. The predicted molar refractivity (Wildman–Crippen MR) is 117 cm³/mol. The van der Waals surface area contributed by atoms with Crippen LogP contribution in [0.3, 0.4) is 0 Å². The Hall–Kier alpha value is -3.23. The molecule has 1 heterocycles. The van der Waals surface area contributed by atoms with Crippen molar-refractivity contribution in [1.29, 1.82) is 0 Å². The summed E-state index contributed by atoms with van der Waals surface area (Å²) in [4.78, 5) is 28.4. The zero-order chi connectivity index (χ0) is 21.1. The summed E-state index contributed by atoms with van der Waals surface area (Å²) in [5.41, 5.74) is 2.28. The van der Waals surface area contributed by atoms with Crippen LogP contribution in [0.1, 0.15) is 26.3 Å². The van der Waals surface area contributed by atoms with E-state index < -0.39 is 11.9 Å². The second kappa shape index (κ2) is 8.64. The minimum atomic E-state index is -1.15. The number of thioether (sulfide) groups is 1. The topological polar surface area (TPSA) is 79.3 Å². The molecule has 0 spiro atoms. The van der Waals surface area contributed by atoms with Crippen molar-refractivity contribution in [1.82, 2.24) is 4.98 Å². The van der Waals surface area contributed by atoms with Gasteiger partial charge in [0.25, 0.3) is 5.91 Å². The number of nitrogens with zero attached hydrogens (tertiary/aromatic N) is 1. The number of amides is 1. The molecule has 0 unspecified atom stereocenters. The summed E-state index contributed by atoms with van der Waals surface area (Å²) in [5.74, 6) is -1.30. The lowest BCUT2D eigenvalue weighted by molar-refractivity contribution is 0.0692. The van der Waals surface area contributed by atoms with Gasteiger partial charge in [-0.3, -0.25) is 4.79 Å². The molecule has 0 fully saturated rings. The molecule has 2 N–H and O–H groups in total. The molecule has 5 nitrogen and oxygen atoms in total. The minimum Gasteiger partial charge on any atom is -0.478 e. The van der Waals surface area contributed by atoms with E-state index in [0.717, 1.165) is 20.1 Å². The molecule has 4 rings (SSSR count). The quantitative estimate of drug-likeness (QED) is 0.379. The van der Waals surface area contributed by atoms with Crippen molar-refractivity contribution in [3.05, 3.63) is 89.2 Å². The average Bonchev–Trinajstić information content (AvgIpc) is 3.14. The van der Waals surface area contributed by atoms with Crippen molar-refractivity contribution in [2.24, 2.45) is 0 Å². The van der Waals surface area contributed by atoms with Gasteiger partial charge in [0.2, 0.25) is 0 Å². The van der Waals surface area contributed by atoms with Crippen LogP contribution in [-0.4, -0.2) is 22.0 Å². The second-order valence-corrected chi connectivity index (χ2v) is 8.64. The van der Waals surface area contributed by atoms with Crippen LogP contribution in [0.2, 0.25) is 0 Å². The molecular formula is C22H15FN2O3S2. The van der Waals surface area contributed by atoms with Crippen molar-refractivity contribution in [3.8, 4) is 0 Å². The summed E-state index contributed by atoms with van der Waals surface area (Å²) in [6.07, 6.45) is 0. The number of anilines is 1. The van der Waals surface area contributed by atoms with E-state index in [1.165, 1.54) is 47.4 Å². The Balaban J connectivity index is 1.50. The van der Waals surface area contributed by atoms with Crippen molar-refractivity contribution in [2.45, 2.75) is 10.1 Å². The van der Waals surface area contributed by atoms with Gasteiger partial charge in [0.05, 0.1) is 21.3 Å². The first kappa shape index (κ1) is 20.1. The molecular weight excluding hydrogens is 423 g/mol. The molecule has 0 aliphatic rings. The number of carboxylic acid groups (broad SMARTS) is 1. The lowest BCUT2D eigenvalue weighted by Crippen LogP contribution is -2.16. The van der Waals surface area contributed by atoms with Crippen LogP contribution in [0.15, 0.2) is 71.1 Å². The smallest absolute Gasteiger partial charge is 0.336 e. The van der Waals surface area contributed by atoms with Crippen LogP contribution in [0, 0.1) is 5.82 Å². The summed E-state index contributed by atoms with van der Waals surface area (Å²) >= 11 is 3.00. The highest BCUT2D eigenvalue weighted by atomic mass is 32.2. The number of nitrogens with one attached hydrogen (secondary N) is 1. The van der Waals surface area contributed by atoms with E-state index in [-0.39, 0.29) is 16.9 Å². The van der Waals surface area contributed by atoms with Crippen molar-refractivity contribution in [2.75, 3.05) is 5.32 Å². The van der Waals surface area contributed by atoms with Gasteiger partial charge in [-0.2, -0.15) is 0 Å². The molecule has 4 aromatic rings. The Kier molecular flexibility index (Phi) is 5.78. The third kappa shape index (κ3) is 4.50. The number of rotatable bonds is 6. The highest BCUT2D eigenvalue weighted by molar-refractivity contribution is 8.00. The molecule has 8 heteroatoms. The summed E-state index contributed by atoms with van der Waals surface area (Å²) < 4.78 is 15.0. The van der Waals surface area contributed by atoms with Crippen LogP contribution in [0.4, 0.5) is 10.1 Å². The van der Waals surface area contributed by atoms with Crippen LogP contribution < -0.4 is 5.32 Å². The van der Waals surface area contributed by atoms with Crippen LogP contribution in [-0.2, 0) is 5.75 Å². The predicted octanol–water partition coefficient (Wildman–Crippen LogP) is 5.68. The number of aromatic nitrogens is 1. The highest BCUT2D eigenvalue weighted by Gasteiger charge is 2.16. The molecule has 0 saturated heterocycles. The van der Waals surface area contributed by atoms with E-state index in [0.29, 0.717) is 11.4 Å². The first-order valence-electron chi connectivity index (χ1n) is 8.91. The van der Waals surface area contributed by atoms with E-state index in [9.17, 15) is 19.1 Å². The average molecular weight is 439 g/mol. The number of benzene rings is 3. The molecule has 1 amide bonds. The minimum absolute atomic E-state index is 0.0510. The van der Waals surface area contributed by atoms with E-state index in [1.54, 1.807) is 36.4 Å². The first-order valence-corrected chi connectivity index (χ1v) is 10.7. The van der Waals surface area contributed by atoms with Gasteiger partial charge in [0.1, 0.15) is 5.82 Å². The number of hydrogen-bond acceptors (Lipinski definition) is 5. The van der Waals surface area contributed by atoms with Gasteiger partial charge in [0, 0.05) is 11.4 Å². The molecule has 3 aromatic carbocycles. The normalized spacial score (nSPS) is 10.8. The largest absolute Gasteiger partial charge is 0.478 e. The molecule has 0 radical (unpaired) electrons. The number of fused-ring (bicyclic) bond motifs is 1. The Bertz CT molecular complexity index is 1260. The zero-order valence-corrected chi connectivity index (χ0v) is 17.1. The number of carbonyl (C=O) groups excluding carboxylic acids is 1. The van der Waals surface area contributed by atoms with Crippen molar-refractivity contribution < 1.29 is 19.1 Å². The molecule has 0 bridgehead atoms. The molecule has 0 aliphatic heterocycles. The van der Waals surface area contributed by atoms with Gasteiger partial charge in [-0.15, -0.1) is 11.3 Å². The number of halogens is 1. The fourth-order valence-corrected chi connectivity index (χ4v) is 4.93. The van der Waals surface area contributed by atoms with E-state index >= 15 is 0 Å². The molecule has 150 valence electrons. The lowest BCUT2D eigenvalue weighted by Gasteiger charge is -2.07. The fraction of sp³-hybridized carbons (Fsp3) is 0.0455. The standard InChI is InChI=1S/C22H15FN2O3S2/c23-14-5-3-4-13(10-14)12-29-22-25-18-9-8-15(11-19(18)30-22)24-20(26)16-6-1-2-7-17(16)21(27)28/h1-11H,12H2,(H,24,26)(H,27,28). The van der Waals surface area contributed by atoms with E-state index in [2.05, 4.69) is 10.3 Å². The third-order valence-corrected chi connectivity index (χ3v) is 6.51. The number of hydrogen-bond donors (Lipinski definition) is 2. The molecule has 1 aromatic heterocycles. The maximum atomic E-state index is 13.3. The number of aromatic carboxylic acids is 1. The number of carboxylic acids is 1. The Morgan fingerprint density at radius 1 is 1.03 bits per heavy atom. The zero-order valence-electron chi connectivity index (χ0n) is 15.5. The van der Waals surface area contributed by atoms with Gasteiger partial charge in [-0.05, 0) is 48.0 Å². The lowest BCUT2D eigenvalue weighted by atomic mass is 10.1. The molecule has 30 heavy (non-hydrogen) atoms. The summed E-state index contributed by atoms with van der Waals surface area (Å²) in [6, 6.07) is 17.9. The van der Waals surface area contributed by atoms with Crippen LogP contribution in [0.25, 0.3) is 10.2 Å². The Morgan fingerprint density at radius 2 is 1.83 bits per heavy atom. The van der Waals surface area contributed by atoms with E-state index in [4.69, 9.17) is 0 Å². The fourth-order valence-electron chi connectivity index (χ4n) is 2.88. The molecule has 0 atom stereocenters. The molecule has 0 aliphatic carbocycles. The van der Waals surface area contributed by atoms with Gasteiger partial charge < -0.3 is 10.4 Å². The Morgan fingerprint density at radius 3 is 2.60 bits per heavy atom. The monoisotopic (exact) mass is 438 g/mol. The van der Waals surface area contributed by atoms with Crippen LogP contribution in [0.5, 0.6) is 0 Å². The second-order valence-electron chi connectivity index (χ2n) is 6.39. The maximum Gasteiger partial charge on any atom is 0.336 e. The van der Waals surface area contributed by atoms with E-state index in [1.807, 2.05) is 6.07 Å². The summed E-state index contributed by atoms with van der Waals surface area (Å²) in [5, 5.41) is 12.0. The van der Waals surface area contributed by atoms with Gasteiger partial charge >= 0.3 is 5.97 Å². The first-order chi connectivity index (χ1) is 14.5. The summed E-state index contributed by atoms with van der Waals surface area (Å²) in [7, 11) is 0. The van der Waals surface area contributed by atoms with Crippen molar-refractivity contribution >= 4 is 50.9 Å². The molecule has 0 saturated carbocycles. The van der Waals surface area contributed by atoms with Gasteiger partial charge in [-0.25, -0.2) is 14.2 Å². The van der Waals surface area contributed by atoms with Gasteiger partial charge in [0.15, 0.2) is 4.34 Å². The van der Waals surface area contributed by atoms with Crippen molar-refractivity contribution in [3.63, 3.8) is 0 Å². The third-order valence-electron chi connectivity index (χ3n) is 4.28. The highest BCUT2D eigenvalue weighted by Crippen LogP contribution is 2.33. The summed E-state index contributed by atoms with van der Waals surface area (Å²) in [6.45, 7) is 0. The number of thiazole rings is 1. The SMILES string of the molecule is O=C(O)c1ccccc1C(=O)Nc1ccc2nc(SCc3cccc(F)c3)sc2c1.